The number of hydrogen-bond donors (Lipinski definition) is 0. The average molecular weight is 410 g/mol. The fourth-order valence-electron chi connectivity index (χ4n) is 3.26. The van der Waals surface area contributed by atoms with E-state index in [-0.39, 0.29) is 4.90 Å². The van der Waals surface area contributed by atoms with Gasteiger partial charge in [-0.25, -0.2) is 8.42 Å². The molecule has 1 saturated heterocycles. The fraction of sp³-hybridized carbons (Fsp3) is 0.526. The first-order chi connectivity index (χ1) is 13.4. The van der Waals surface area contributed by atoms with Gasteiger partial charge in [0, 0.05) is 32.7 Å². The van der Waals surface area contributed by atoms with Gasteiger partial charge in [-0.05, 0) is 45.0 Å². The standard InChI is InChI=1S/C19H27N3O5S/c1-4-25-17-5-7-18(8-6-17)26-14-13-21-9-11-22(12-10-21)28(23,24)19-15(2)20-27-16(19)3/h5-8H,4,9-14H2,1-3H3. The molecule has 154 valence electrons. The molecule has 0 amide bonds. The van der Waals surface area contributed by atoms with Crippen LogP contribution in [0.15, 0.2) is 33.7 Å². The smallest absolute Gasteiger partial charge is 0.248 e. The highest BCUT2D eigenvalue weighted by molar-refractivity contribution is 7.89. The van der Waals surface area contributed by atoms with Crippen molar-refractivity contribution in [3.8, 4) is 11.5 Å². The van der Waals surface area contributed by atoms with Crippen LogP contribution in [0.1, 0.15) is 18.4 Å². The summed E-state index contributed by atoms with van der Waals surface area (Å²) in [5.41, 5.74) is 0.406. The Morgan fingerprint density at radius 1 is 1.04 bits per heavy atom. The van der Waals surface area contributed by atoms with Crippen molar-refractivity contribution in [2.75, 3.05) is 45.9 Å². The van der Waals surface area contributed by atoms with Crippen LogP contribution in [0.4, 0.5) is 0 Å². The first-order valence-corrected chi connectivity index (χ1v) is 10.9. The molecule has 0 atom stereocenters. The Bertz CT molecular complexity index is 852. The van der Waals surface area contributed by atoms with Crippen LogP contribution in [0.2, 0.25) is 0 Å². The molecular weight excluding hydrogens is 382 g/mol. The van der Waals surface area contributed by atoms with Crippen molar-refractivity contribution in [1.82, 2.24) is 14.4 Å². The van der Waals surface area contributed by atoms with Crippen LogP contribution in [0.5, 0.6) is 11.5 Å². The Labute approximate surface area is 166 Å². The first-order valence-electron chi connectivity index (χ1n) is 9.43. The van der Waals surface area contributed by atoms with Crippen LogP contribution < -0.4 is 9.47 Å². The molecule has 0 spiro atoms. The number of aryl methyl sites for hydroxylation is 2. The third kappa shape index (κ3) is 4.65. The summed E-state index contributed by atoms with van der Waals surface area (Å²) in [6.07, 6.45) is 0. The molecular formula is C19H27N3O5S. The Kier molecular flexibility index (Phi) is 6.58. The van der Waals surface area contributed by atoms with E-state index in [0.29, 0.717) is 50.8 Å². The van der Waals surface area contributed by atoms with Gasteiger partial charge in [0.1, 0.15) is 28.7 Å². The molecule has 0 bridgehead atoms. The van der Waals surface area contributed by atoms with Gasteiger partial charge in [-0.1, -0.05) is 5.16 Å². The van der Waals surface area contributed by atoms with E-state index in [9.17, 15) is 8.42 Å². The van der Waals surface area contributed by atoms with Crippen molar-refractivity contribution in [1.29, 1.82) is 0 Å². The molecule has 28 heavy (non-hydrogen) atoms. The average Bonchev–Trinajstić information content (AvgIpc) is 3.03. The maximum absolute atomic E-state index is 12.8. The van der Waals surface area contributed by atoms with E-state index in [4.69, 9.17) is 14.0 Å². The number of benzene rings is 1. The highest BCUT2D eigenvalue weighted by atomic mass is 32.2. The van der Waals surface area contributed by atoms with E-state index >= 15 is 0 Å². The maximum Gasteiger partial charge on any atom is 0.248 e. The number of hydrogen-bond acceptors (Lipinski definition) is 7. The van der Waals surface area contributed by atoms with Crippen LogP contribution >= 0.6 is 0 Å². The maximum atomic E-state index is 12.8. The van der Waals surface area contributed by atoms with Crippen LogP contribution in [-0.2, 0) is 10.0 Å². The molecule has 2 aromatic rings. The summed E-state index contributed by atoms with van der Waals surface area (Å²) in [6.45, 7) is 9.35. The summed E-state index contributed by atoms with van der Waals surface area (Å²) in [7, 11) is -3.57. The molecule has 0 unspecified atom stereocenters. The van der Waals surface area contributed by atoms with Crippen molar-refractivity contribution in [3.05, 3.63) is 35.7 Å². The van der Waals surface area contributed by atoms with Gasteiger partial charge >= 0.3 is 0 Å². The third-order valence-corrected chi connectivity index (χ3v) is 6.85. The second-order valence-corrected chi connectivity index (χ2v) is 8.53. The van der Waals surface area contributed by atoms with E-state index < -0.39 is 10.0 Å². The summed E-state index contributed by atoms with van der Waals surface area (Å²) in [5, 5.41) is 3.76. The first kappa shape index (κ1) is 20.6. The van der Waals surface area contributed by atoms with Gasteiger partial charge in [0.15, 0.2) is 5.76 Å². The highest BCUT2D eigenvalue weighted by Gasteiger charge is 2.33. The Morgan fingerprint density at radius 3 is 2.18 bits per heavy atom. The van der Waals surface area contributed by atoms with Gasteiger partial charge in [0.05, 0.1) is 6.61 Å². The number of piperazine rings is 1. The molecule has 0 saturated carbocycles. The lowest BCUT2D eigenvalue weighted by Crippen LogP contribution is -2.49. The zero-order valence-electron chi connectivity index (χ0n) is 16.6. The molecule has 1 fully saturated rings. The second kappa shape index (κ2) is 8.93. The lowest BCUT2D eigenvalue weighted by atomic mass is 10.3. The quantitative estimate of drug-likeness (QED) is 0.660. The topological polar surface area (TPSA) is 85.1 Å². The van der Waals surface area contributed by atoms with Crippen molar-refractivity contribution >= 4 is 10.0 Å². The predicted octanol–water partition coefficient (Wildman–Crippen LogP) is 2.08. The van der Waals surface area contributed by atoms with E-state index in [1.54, 1.807) is 13.8 Å². The predicted molar refractivity (Wildman–Crippen MR) is 104 cm³/mol. The molecule has 1 aliphatic heterocycles. The van der Waals surface area contributed by atoms with Crippen molar-refractivity contribution in [3.63, 3.8) is 0 Å². The number of sulfonamides is 1. The summed E-state index contributed by atoms with van der Waals surface area (Å²) >= 11 is 0. The van der Waals surface area contributed by atoms with E-state index in [2.05, 4.69) is 10.1 Å². The molecule has 3 rings (SSSR count). The summed E-state index contributed by atoms with van der Waals surface area (Å²) in [5.74, 6) is 1.96. The van der Waals surface area contributed by atoms with Crippen LogP contribution in [0.25, 0.3) is 0 Å². The summed E-state index contributed by atoms with van der Waals surface area (Å²) in [4.78, 5) is 2.40. The van der Waals surface area contributed by atoms with E-state index in [0.717, 1.165) is 18.0 Å². The van der Waals surface area contributed by atoms with Crippen molar-refractivity contribution < 1.29 is 22.4 Å². The monoisotopic (exact) mass is 409 g/mol. The van der Waals surface area contributed by atoms with E-state index in [1.165, 1.54) is 4.31 Å². The minimum absolute atomic E-state index is 0.194. The minimum atomic E-state index is -3.57. The van der Waals surface area contributed by atoms with Crippen LogP contribution in [-0.4, -0.2) is 68.7 Å². The van der Waals surface area contributed by atoms with Crippen LogP contribution in [0.3, 0.4) is 0 Å². The molecule has 0 aliphatic carbocycles. The van der Waals surface area contributed by atoms with Crippen molar-refractivity contribution in [2.24, 2.45) is 0 Å². The second-order valence-electron chi connectivity index (χ2n) is 6.65. The Balaban J connectivity index is 1.46. The Morgan fingerprint density at radius 2 is 1.64 bits per heavy atom. The van der Waals surface area contributed by atoms with Gasteiger partial charge in [-0.2, -0.15) is 4.31 Å². The number of rotatable bonds is 8. The van der Waals surface area contributed by atoms with Gasteiger partial charge in [0.2, 0.25) is 10.0 Å². The van der Waals surface area contributed by atoms with Gasteiger partial charge in [-0.15, -0.1) is 0 Å². The normalized spacial score (nSPS) is 16.2. The number of nitrogens with zero attached hydrogens (tertiary/aromatic N) is 3. The lowest BCUT2D eigenvalue weighted by Gasteiger charge is -2.33. The number of ether oxygens (including phenoxy) is 2. The molecule has 9 heteroatoms. The van der Waals surface area contributed by atoms with Crippen molar-refractivity contribution in [2.45, 2.75) is 25.7 Å². The molecule has 8 nitrogen and oxygen atoms in total. The zero-order chi connectivity index (χ0) is 20.1. The minimum Gasteiger partial charge on any atom is -0.494 e. The van der Waals surface area contributed by atoms with E-state index in [1.807, 2.05) is 31.2 Å². The fourth-order valence-corrected chi connectivity index (χ4v) is 4.97. The SMILES string of the molecule is CCOc1ccc(OCCN2CCN(S(=O)(=O)c3c(C)noc3C)CC2)cc1. The summed E-state index contributed by atoms with van der Waals surface area (Å²) in [6, 6.07) is 7.55. The van der Waals surface area contributed by atoms with Gasteiger partial charge < -0.3 is 14.0 Å². The third-order valence-electron chi connectivity index (χ3n) is 4.71. The van der Waals surface area contributed by atoms with Crippen LogP contribution in [0, 0.1) is 13.8 Å². The molecule has 1 aliphatic rings. The van der Waals surface area contributed by atoms with Gasteiger partial charge in [-0.3, -0.25) is 4.90 Å². The highest BCUT2D eigenvalue weighted by Crippen LogP contribution is 2.24. The Hall–Kier alpha value is -2.10. The summed E-state index contributed by atoms with van der Waals surface area (Å²) < 4.78 is 43.4. The molecule has 2 heterocycles. The zero-order valence-corrected chi connectivity index (χ0v) is 17.4. The molecule has 0 radical (unpaired) electrons. The lowest BCUT2D eigenvalue weighted by molar-refractivity contribution is 0.158. The molecule has 0 N–H and O–H groups in total. The molecule has 1 aromatic carbocycles. The largest absolute Gasteiger partial charge is 0.494 e. The number of aromatic nitrogens is 1. The molecule has 1 aromatic heterocycles. The van der Waals surface area contributed by atoms with Gasteiger partial charge in [0.25, 0.3) is 0 Å².